The third-order valence-electron chi connectivity index (χ3n) is 4.82. The van der Waals surface area contributed by atoms with Crippen molar-refractivity contribution >= 4 is 58.4 Å². The summed E-state index contributed by atoms with van der Waals surface area (Å²) in [6.07, 6.45) is 6.37. The van der Waals surface area contributed by atoms with Crippen molar-refractivity contribution in [3.8, 4) is 0 Å². The van der Waals surface area contributed by atoms with Crippen LogP contribution in [0.4, 0.5) is 5.95 Å². The lowest BCUT2D eigenvalue weighted by atomic mass is 10.1. The van der Waals surface area contributed by atoms with Gasteiger partial charge in [0.25, 0.3) is 0 Å². The Labute approximate surface area is 186 Å². The normalized spacial score (nSPS) is 15.0. The summed E-state index contributed by atoms with van der Waals surface area (Å²) in [5.41, 5.74) is 8.50. The molecule has 4 rings (SSSR count). The highest BCUT2D eigenvalue weighted by molar-refractivity contribution is 14.0. The molecule has 0 amide bonds. The summed E-state index contributed by atoms with van der Waals surface area (Å²) in [7, 11) is 0. The number of H-pyrrole nitrogens is 1. The maximum atomic E-state index is 6.21. The summed E-state index contributed by atoms with van der Waals surface area (Å²) in [4.78, 5) is 20.7. The van der Waals surface area contributed by atoms with Gasteiger partial charge in [-0.25, -0.2) is 9.97 Å². The Balaban J connectivity index is 0.00000225. The number of aromatic amines is 1. The van der Waals surface area contributed by atoms with Gasteiger partial charge in [0.15, 0.2) is 5.96 Å². The number of nitrogens with two attached hydrogens (primary N) is 1. The van der Waals surface area contributed by atoms with Crippen molar-refractivity contribution in [1.82, 2.24) is 19.9 Å². The van der Waals surface area contributed by atoms with Crippen LogP contribution in [-0.2, 0) is 6.42 Å². The van der Waals surface area contributed by atoms with Gasteiger partial charge in [-0.1, -0.05) is 11.6 Å². The Bertz CT molecular complexity index is 936. The molecule has 3 N–H and O–H groups in total. The van der Waals surface area contributed by atoms with E-state index in [0.717, 1.165) is 54.5 Å². The van der Waals surface area contributed by atoms with Gasteiger partial charge in [0, 0.05) is 67.2 Å². The number of benzene rings is 1. The molecular formula is C19H23ClIN7. The van der Waals surface area contributed by atoms with Gasteiger partial charge in [0.2, 0.25) is 5.95 Å². The number of hydrogen-bond donors (Lipinski definition) is 2. The molecule has 7 nitrogen and oxygen atoms in total. The van der Waals surface area contributed by atoms with Crippen molar-refractivity contribution in [1.29, 1.82) is 0 Å². The van der Waals surface area contributed by atoms with Crippen molar-refractivity contribution < 1.29 is 0 Å². The molecule has 1 aromatic carbocycles. The van der Waals surface area contributed by atoms with E-state index in [4.69, 9.17) is 17.3 Å². The summed E-state index contributed by atoms with van der Waals surface area (Å²) in [6, 6.07) is 7.70. The number of nitrogens with zero attached hydrogens (tertiary/aromatic N) is 5. The number of nitrogens with one attached hydrogen (secondary N) is 1. The van der Waals surface area contributed by atoms with Crippen molar-refractivity contribution in [3.63, 3.8) is 0 Å². The highest BCUT2D eigenvalue weighted by atomic mass is 127. The maximum absolute atomic E-state index is 6.21. The molecule has 0 aliphatic carbocycles. The molecule has 148 valence electrons. The zero-order valence-corrected chi connectivity index (χ0v) is 18.5. The summed E-state index contributed by atoms with van der Waals surface area (Å²) in [6.45, 7) is 3.95. The van der Waals surface area contributed by atoms with Gasteiger partial charge < -0.3 is 20.5 Å². The molecule has 0 saturated carbocycles. The van der Waals surface area contributed by atoms with Crippen LogP contribution >= 0.6 is 35.6 Å². The van der Waals surface area contributed by atoms with Crippen molar-refractivity contribution in [2.24, 2.45) is 10.7 Å². The lowest BCUT2D eigenvalue weighted by Crippen LogP contribution is -2.51. The van der Waals surface area contributed by atoms with Crippen molar-refractivity contribution in [2.45, 2.75) is 6.42 Å². The van der Waals surface area contributed by atoms with Crippen molar-refractivity contribution in [2.75, 3.05) is 37.6 Å². The molecule has 0 atom stereocenters. The van der Waals surface area contributed by atoms with Gasteiger partial charge in [0.05, 0.1) is 0 Å². The van der Waals surface area contributed by atoms with Crippen LogP contribution in [0.25, 0.3) is 10.9 Å². The van der Waals surface area contributed by atoms with Gasteiger partial charge in [-0.2, -0.15) is 0 Å². The predicted octanol–water partition coefficient (Wildman–Crippen LogP) is 2.91. The third kappa shape index (κ3) is 4.67. The van der Waals surface area contributed by atoms with Crippen LogP contribution in [-0.4, -0.2) is 58.5 Å². The SMILES string of the molecule is I.NC(=NCCc1c[nH]c2ccc(Cl)cc12)N1CCN(c2ncccn2)CC1. The van der Waals surface area contributed by atoms with E-state index in [1.807, 2.05) is 30.5 Å². The Hall–Kier alpha value is -2.07. The molecule has 0 bridgehead atoms. The molecular weight excluding hydrogens is 489 g/mol. The van der Waals surface area contributed by atoms with Crippen LogP contribution in [0.15, 0.2) is 47.8 Å². The maximum Gasteiger partial charge on any atom is 0.225 e. The highest BCUT2D eigenvalue weighted by Gasteiger charge is 2.19. The summed E-state index contributed by atoms with van der Waals surface area (Å²) in [5, 5.41) is 1.89. The number of piperazine rings is 1. The minimum Gasteiger partial charge on any atom is -0.370 e. The van der Waals surface area contributed by atoms with Gasteiger partial charge >= 0.3 is 0 Å². The van der Waals surface area contributed by atoms with Gasteiger partial charge in [-0.3, -0.25) is 4.99 Å². The van der Waals surface area contributed by atoms with Crippen LogP contribution in [0.2, 0.25) is 5.02 Å². The standard InChI is InChI=1S/C19H22ClN7.HI/c20-15-2-3-17-16(12-15)14(13-25-17)4-7-22-18(21)26-8-10-27(11-9-26)19-23-5-1-6-24-19;/h1-3,5-6,12-13,25H,4,7-11H2,(H2,21,22);1H. The first-order chi connectivity index (χ1) is 13.2. The fourth-order valence-electron chi connectivity index (χ4n) is 3.34. The Morgan fingerprint density at radius 2 is 1.93 bits per heavy atom. The Morgan fingerprint density at radius 1 is 1.18 bits per heavy atom. The molecule has 9 heteroatoms. The van der Waals surface area contributed by atoms with E-state index in [-0.39, 0.29) is 24.0 Å². The zero-order chi connectivity index (χ0) is 18.6. The smallest absolute Gasteiger partial charge is 0.225 e. The number of guanidine groups is 1. The largest absolute Gasteiger partial charge is 0.370 e. The minimum atomic E-state index is 0. The first-order valence-electron chi connectivity index (χ1n) is 9.03. The number of anilines is 1. The van der Waals surface area contributed by atoms with E-state index in [9.17, 15) is 0 Å². The van der Waals surface area contributed by atoms with Crippen LogP contribution < -0.4 is 10.6 Å². The second kappa shape index (κ2) is 9.42. The molecule has 1 aliphatic rings. The first-order valence-corrected chi connectivity index (χ1v) is 9.41. The monoisotopic (exact) mass is 511 g/mol. The lowest BCUT2D eigenvalue weighted by molar-refractivity contribution is 0.378. The molecule has 2 aromatic heterocycles. The number of aliphatic imine (C=N–C) groups is 1. The first kappa shape index (κ1) is 20.7. The van der Waals surface area contributed by atoms with E-state index in [1.54, 1.807) is 12.4 Å². The van der Waals surface area contributed by atoms with Crippen LogP contribution in [0.3, 0.4) is 0 Å². The van der Waals surface area contributed by atoms with E-state index >= 15 is 0 Å². The van der Waals surface area contributed by atoms with Crippen LogP contribution in [0.1, 0.15) is 5.56 Å². The highest BCUT2D eigenvalue weighted by Crippen LogP contribution is 2.22. The van der Waals surface area contributed by atoms with Gasteiger partial charge in [-0.05, 0) is 36.2 Å². The Morgan fingerprint density at radius 3 is 2.68 bits per heavy atom. The fourth-order valence-corrected chi connectivity index (χ4v) is 3.51. The predicted molar refractivity (Wildman–Crippen MR) is 125 cm³/mol. The third-order valence-corrected chi connectivity index (χ3v) is 5.06. The average Bonchev–Trinajstić information content (AvgIpc) is 3.11. The summed E-state index contributed by atoms with van der Waals surface area (Å²) in [5.74, 6) is 1.37. The second-order valence-corrected chi connectivity index (χ2v) is 6.95. The number of aromatic nitrogens is 3. The van der Waals surface area contributed by atoms with Crippen LogP contribution in [0, 0.1) is 0 Å². The fraction of sp³-hybridized carbons (Fsp3) is 0.316. The molecule has 1 fully saturated rings. The van der Waals surface area contributed by atoms with Gasteiger partial charge in [0.1, 0.15) is 0 Å². The number of rotatable bonds is 4. The lowest BCUT2D eigenvalue weighted by Gasteiger charge is -2.35. The molecule has 3 aromatic rings. The topological polar surface area (TPSA) is 86.4 Å². The van der Waals surface area contributed by atoms with E-state index in [1.165, 1.54) is 5.56 Å². The van der Waals surface area contributed by atoms with Crippen molar-refractivity contribution in [3.05, 3.63) is 53.4 Å². The molecule has 28 heavy (non-hydrogen) atoms. The quantitative estimate of drug-likeness (QED) is 0.320. The molecule has 0 unspecified atom stereocenters. The summed E-state index contributed by atoms with van der Waals surface area (Å²) < 4.78 is 0. The van der Waals surface area contributed by atoms with E-state index < -0.39 is 0 Å². The number of halogens is 2. The summed E-state index contributed by atoms with van der Waals surface area (Å²) >= 11 is 6.11. The molecule has 1 saturated heterocycles. The van der Waals surface area contributed by atoms with Gasteiger partial charge in [-0.15, -0.1) is 24.0 Å². The molecule has 0 radical (unpaired) electrons. The van der Waals surface area contributed by atoms with Crippen LogP contribution in [0.5, 0.6) is 0 Å². The van der Waals surface area contributed by atoms with E-state index in [2.05, 4.69) is 29.7 Å². The molecule has 1 aliphatic heterocycles. The number of fused-ring (bicyclic) bond motifs is 1. The minimum absolute atomic E-state index is 0. The zero-order valence-electron chi connectivity index (χ0n) is 15.4. The molecule has 3 heterocycles. The van der Waals surface area contributed by atoms with E-state index in [0.29, 0.717) is 12.5 Å². The Kier molecular flexibility index (Phi) is 6.95. The average molecular weight is 512 g/mol. The second-order valence-electron chi connectivity index (χ2n) is 6.52. The molecule has 0 spiro atoms. The number of hydrogen-bond acceptors (Lipinski definition) is 4.